The average molecular weight is 341 g/mol. The Balaban J connectivity index is 1.85. The van der Waals surface area contributed by atoms with Crippen LogP contribution in [-0.2, 0) is 0 Å². The topological polar surface area (TPSA) is 98.9 Å². The minimum atomic E-state index is -0.524. The second-order valence-electron chi connectivity index (χ2n) is 5.26. The maximum absolute atomic E-state index is 12.4. The molecule has 0 aliphatic heterocycles. The molecule has 0 radical (unpaired) electrons. The van der Waals surface area contributed by atoms with Gasteiger partial charge in [0.15, 0.2) is 35.0 Å². The lowest BCUT2D eigenvalue weighted by atomic mass is 10.00. The summed E-state index contributed by atoms with van der Waals surface area (Å²) in [5, 5.41) is 10.2. The number of fused-ring (bicyclic) bond motifs is 1. The molecule has 7 heteroatoms. The molecule has 0 saturated carbocycles. The molecule has 0 atom stereocenters. The standard InChI is InChI=1S/C18H15NO6/c1-23-16-6-4-11(17(22)18(16)24-2)14(21)8-13(20)10-3-5-15-12(7-10)19-9-25-15/h3-7,9,22H,8H2,1-2H3. The minimum absolute atomic E-state index is 0.00601. The van der Waals surface area contributed by atoms with E-state index in [0.29, 0.717) is 22.4 Å². The van der Waals surface area contributed by atoms with Crippen molar-refractivity contribution < 1.29 is 28.6 Å². The molecular weight excluding hydrogens is 326 g/mol. The molecule has 1 aromatic heterocycles. The van der Waals surface area contributed by atoms with E-state index in [1.54, 1.807) is 18.2 Å². The lowest BCUT2D eigenvalue weighted by Crippen LogP contribution is -2.09. The second-order valence-corrected chi connectivity index (χ2v) is 5.26. The zero-order chi connectivity index (χ0) is 18.0. The molecule has 0 aliphatic rings. The minimum Gasteiger partial charge on any atom is -0.504 e. The number of hydrogen-bond donors (Lipinski definition) is 1. The molecule has 128 valence electrons. The van der Waals surface area contributed by atoms with E-state index in [-0.39, 0.29) is 22.8 Å². The average Bonchev–Trinajstić information content (AvgIpc) is 3.08. The molecule has 1 heterocycles. The number of aromatic nitrogens is 1. The molecule has 0 saturated heterocycles. The Morgan fingerprint density at radius 1 is 1.12 bits per heavy atom. The van der Waals surface area contributed by atoms with Gasteiger partial charge in [0, 0.05) is 5.56 Å². The third kappa shape index (κ3) is 3.03. The predicted molar refractivity (Wildman–Crippen MR) is 88.5 cm³/mol. The van der Waals surface area contributed by atoms with Crippen molar-refractivity contribution in [3.8, 4) is 17.2 Å². The number of ether oxygens (including phenoxy) is 2. The Morgan fingerprint density at radius 2 is 1.92 bits per heavy atom. The van der Waals surface area contributed by atoms with Crippen LogP contribution in [0, 0.1) is 0 Å². The summed E-state index contributed by atoms with van der Waals surface area (Å²) in [6.07, 6.45) is 0.887. The summed E-state index contributed by atoms with van der Waals surface area (Å²) < 4.78 is 15.2. The van der Waals surface area contributed by atoms with Crippen LogP contribution in [0.15, 0.2) is 41.1 Å². The lowest BCUT2D eigenvalue weighted by molar-refractivity contribution is 0.0892. The number of oxazole rings is 1. The second kappa shape index (κ2) is 6.64. The van der Waals surface area contributed by atoms with Crippen LogP contribution in [0.3, 0.4) is 0 Å². The van der Waals surface area contributed by atoms with Crippen molar-refractivity contribution in [1.82, 2.24) is 4.98 Å². The van der Waals surface area contributed by atoms with Gasteiger partial charge in [0.2, 0.25) is 5.75 Å². The molecule has 0 aliphatic carbocycles. The van der Waals surface area contributed by atoms with E-state index in [2.05, 4.69) is 4.98 Å². The molecule has 2 aromatic carbocycles. The number of benzene rings is 2. The van der Waals surface area contributed by atoms with E-state index in [4.69, 9.17) is 13.9 Å². The van der Waals surface area contributed by atoms with Crippen molar-refractivity contribution in [2.45, 2.75) is 6.42 Å². The van der Waals surface area contributed by atoms with Gasteiger partial charge in [-0.25, -0.2) is 4.98 Å². The lowest BCUT2D eigenvalue weighted by Gasteiger charge is -2.12. The summed E-state index contributed by atoms with van der Waals surface area (Å²) in [6.45, 7) is 0. The zero-order valence-corrected chi connectivity index (χ0v) is 13.6. The Hall–Kier alpha value is -3.35. The Labute approximate surface area is 142 Å². The highest BCUT2D eigenvalue weighted by Crippen LogP contribution is 2.39. The van der Waals surface area contributed by atoms with E-state index in [9.17, 15) is 14.7 Å². The Morgan fingerprint density at radius 3 is 2.64 bits per heavy atom. The normalized spacial score (nSPS) is 10.6. The number of carbonyl (C=O) groups excluding carboxylic acids is 2. The van der Waals surface area contributed by atoms with Crippen LogP contribution in [0.4, 0.5) is 0 Å². The number of Topliss-reactive ketones (excluding diaryl/α,β-unsaturated/α-hetero) is 2. The third-order valence-corrected chi connectivity index (χ3v) is 3.79. The number of carbonyl (C=O) groups is 2. The summed E-state index contributed by atoms with van der Waals surface area (Å²) in [6, 6.07) is 7.64. The number of rotatable bonds is 6. The van der Waals surface area contributed by atoms with Crippen molar-refractivity contribution >= 4 is 22.7 Å². The first kappa shape index (κ1) is 16.5. The fourth-order valence-corrected chi connectivity index (χ4v) is 2.51. The smallest absolute Gasteiger partial charge is 0.203 e. The van der Waals surface area contributed by atoms with Crippen molar-refractivity contribution in [2.75, 3.05) is 14.2 Å². The molecule has 0 fully saturated rings. The number of nitrogens with zero attached hydrogens (tertiary/aromatic N) is 1. The summed E-state index contributed by atoms with van der Waals surface area (Å²) in [5.74, 6) is -0.927. The van der Waals surface area contributed by atoms with Crippen molar-refractivity contribution in [1.29, 1.82) is 0 Å². The number of phenolic OH excluding ortho intramolecular Hbond substituents is 1. The van der Waals surface area contributed by atoms with E-state index in [1.807, 2.05) is 0 Å². The van der Waals surface area contributed by atoms with Crippen LogP contribution in [0.1, 0.15) is 27.1 Å². The molecule has 1 N–H and O–H groups in total. The monoisotopic (exact) mass is 341 g/mol. The SMILES string of the molecule is COc1ccc(C(=O)CC(=O)c2ccc3ocnc3c2)c(O)c1OC. The fraction of sp³-hybridized carbons (Fsp3) is 0.167. The first-order valence-corrected chi connectivity index (χ1v) is 7.38. The zero-order valence-electron chi connectivity index (χ0n) is 13.6. The Bertz CT molecular complexity index is 959. The molecule has 3 aromatic rings. The quantitative estimate of drug-likeness (QED) is 0.543. The molecule has 0 unspecified atom stereocenters. The van der Waals surface area contributed by atoms with Crippen molar-refractivity contribution in [3.63, 3.8) is 0 Å². The van der Waals surface area contributed by atoms with Crippen molar-refractivity contribution in [2.24, 2.45) is 0 Å². The van der Waals surface area contributed by atoms with Crippen LogP contribution in [0.2, 0.25) is 0 Å². The highest BCUT2D eigenvalue weighted by Gasteiger charge is 2.21. The van der Waals surface area contributed by atoms with Gasteiger partial charge in [-0.2, -0.15) is 0 Å². The summed E-state index contributed by atoms with van der Waals surface area (Å²) in [5.41, 5.74) is 1.43. The summed E-state index contributed by atoms with van der Waals surface area (Å²) in [4.78, 5) is 28.8. The van der Waals surface area contributed by atoms with E-state index in [1.165, 1.54) is 32.7 Å². The van der Waals surface area contributed by atoms with Crippen LogP contribution in [0.25, 0.3) is 11.1 Å². The maximum Gasteiger partial charge on any atom is 0.203 e. The molecule has 3 rings (SSSR count). The van der Waals surface area contributed by atoms with Crippen LogP contribution < -0.4 is 9.47 Å². The van der Waals surface area contributed by atoms with Gasteiger partial charge in [0.05, 0.1) is 26.2 Å². The molecule has 7 nitrogen and oxygen atoms in total. The molecule has 0 bridgehead atoms. The number of phenols is 1. The summed E-state index contributed by atoms with van der Waals surface area (Å²) in [7, 11) is 2.77. The molecule has 0 spiro atoms. The van der Waals surface area contributed by atoms with Gasteiger partial charge in [-0.05, 0) is 30.3 Å². The van der Waals surface area contributed by atoms with E-state index in [0.717, 1.165) is 0 Å². The van der Waals surface area contributed by atoms with Gasteiger partial charge in [-0.1, -0.05) is 0 Å². The van der Waals surface area contributed by atoms with Gasteiger partial charge in [-0.3, -0.25) is 9.59 Å². The number of ketones is 2. The first-order chi connectivity index (χ1) is 12.0. The van der Waals surface area contributed by atoms with E-state index >= 15 is 0 Å². The fourth-order valence-electron chi connectivity index (χ4n) is 2.51. The van der Waals surface area contributed by atoms with Gasteiger partial charge in [-0.15, -0.1) is 0 Å². The maximum atomic E-state index is 12.4. The van der Waals surface area contributed by atoms with Crippen LogP contribution >= 0.6 is 0 Å². The highest BCUT2D eigenvalue weighted by molar-refractivity contribution is 6.15. The first-order valence-electron chi connectivity index (χ1n) is 7.38. The molecule has 25 heavy (non-hydrogen) atoms. The van der Waals surface area contributed by atoms with Gasteiger partial charge >= 0.3 is 0 Å². The number of hydrogen-bond acceptors (Lipinski definition) is 7. The number of methoxy groups -OCH3 is 2. The van der Waals surface area contributed by atoms with Gasteiger partial charge in [0.1, 0.15) is 5.52 Å². The highest BCUT2D eigenvalue weighted by atomic mass is 16.5. The van der Waals surface area contributed by atoms with Gasteiger partial charge < -0.3 is 19.0 Å². The third-order valence-electron chi connectivity index (χ3n) is 3.79. The molecular formula is C18H15NO6. The predicted octanol–water partition coefficient (Wildman–Crippen LogP) is 3.01. The van der Waals surface area contributed by atoms with Crippen LogP contribution in [0.5, 0.6) is 17.2 Å². The van der Waals surface area contributed by atoms with Crippen LogP contribution in [-0.4, -0.2) is 35.9 Å². The number of aromatic hydroxyl groups is 1. The van der Waals surface area contributed by atoms with Gasteiger partial charge in [0.25, 0.3) is 0 Å². The van der Waals surface area contributed by atoms with E-state index < -0.39 is 12.2 Å². The largest absolute Gasteiger partial charge is 0.504 e. The van der Waals surface area contributed by atoms with Crippen molar-refractivity contribution in [3.05, 3.63) is 47.9 Å². The molecule has 0 amide bonds. The Kier molecular flexibility index (Phi) is 4.38. The summed E-state index contributed by atoms with van der Waals surface area (Å²) >= 11 is 0.